The molecule has 0 aliphatic heterocycles. The Bertz CT molecular complexity index is 199. The molecule has 0 spiro atoms. The highest BCUT2D eigenvalue weighted by atomic mass is 16.5. The zero-order valence-electron chi connectivity index (χ0n) is 14.1. The first-order valence-electron chi connectivity index (χ1n) is 8.92. The van der Waals surface area contributed by atoms with E-state index < -0.39 is 0 Å². The van der Waals surface area contributed by atoms with Crippen LogP contribution >= 0.6 is 0 Å². The van der Waals surface area contributed by atoms with Crippen LogP contribution in [0.5, 0.6) is 0 Å². The van der Waals surface area contributed by atoms with Crippen molar-refractivity contribution in [3.8, 4) is 0 Å². The summed E-state index contributed by atoms with van der Waals surface area (Å²) in [5, 5.41) is 0. The van der Waals surface area contributed by atoms with Gasteiger partial charge in [-0.15, -0.1) is 0 Å². The van der Waals surface area contributed by atoms with Gasteiger partial charge in [0.05, 0.1) is 12.5 Å². The highest BCUT2D eigenvalue weighted by Gasteiger charge is 2.18. The number of unbranched alkanes of at least 4 members (excludes halogenated alkanes) is 8. The van der Waals surface area contributed by atoms with E-state index in [-0.39, 0.29) is 11.9 Å². The van der Waals surface area contributed by atoms with E-state index in [1.165, 1.54) is 64.2 Å². The van der Waals surface area contributed by atoms with E-state index in [9.17, 15) is 4.79 Å². The Hall–Kier alpha value is -0.530. The summed E-state index contributed by atoms with van der Waals surface area (Å²) >= 11 is 0. The SMILES string of the molecule is CCCCCCCC(CCCCCCC)C(=O)OCC. The van der Waals surface area contributed by atoms with Gasteiger partial charge < -0.3 is 4.74 Å². The first kappa shape index (κ1) is 19.5. The molecule has 0 fully saturated rings. The lowest BCUT2D eigenvalue weighted by molar-refractivity contribution is -0.148. The molecule has 0 N–H and O–H groups in total. The Morgan fingerprint density at radius 1 is 0.750 bits per heavy atom. The Labute approximate surface area is 126 Å². The number of rotatable bonds is 14. The zero-order chi connectivity index (χ0) is 15.1. The Balaban J connectivity index is 3.85. The van der Waals surface area contributed by atoms with Crippen LogP contribution in [0.25, 0.3) is 0 Å². The van der Waals surface area contributed by atoms with E-state index in [1.54, 1.807) is 0 Å². The predicted octanol–water partition coefficient (Wildman–Crippen LogP) is 5.89. The number of hydrogen-bond donors (Lipinski definition) is 0. The number of ether oxygens (including phenoxy) is 1. The molecule has 0 aliphatic carbocycles. The molecule has 120 valence electrons. The molecule has 20 heavy (non-hydrogen) atoms. The van der Waals surface area contributed by atoms with Crippen LogP contribution in [0.1, 0.15) is 97.8 Å². The molecule has 0 saturated heterocycles. The van der Waals surface area contributed by atoms with Crippen LogP contribution in [0.2, 0.25) is 0 Å². The summed E-state index contributed by atoms with van der Waals surface area (Å²) in [4.78, 5) is 12.0. The molecule has 0 radical (unpaired) electrons. The minimum absolute atomic E-state index is 0.0403. The van der Waals surface area contributed by atoms with Crippen LogP contribution in [-0.2, 0) is 9.53 Å². The quantitative estimate of drug-likeness (QED) is 0.294. The molecular weight excluding hydrogens is 248 g/mol. The number of hydrogen-bond acceptors (Lipinski definition) is 2. The standard InChI is InChI=1S/C18H36O2/c1-4-7-9-11-13-15-17(18(19)20-6-3)16-14-12-10-8-5-2/h17H,4-16H2,1-3H3. The number of carbonyl (C=O) groups excluding carboxylic acids is 1. The molecule has 0 heterocycles. The van der Waals surface area contributed by atoms with Gasteiger partial charge in [-0.1, -0.05) is 78.1 Å². The van der Waals surface area contributed by atoms with Gasteiger partial charge in [-0.3, -0.25) is 4.79 Å². The average Bonchev–Trinajstić information content (AvgIpc) is 2.44. The van der Waals surface area contributed by atoms with Gasteiger partial charge in [0.1, 0.15) is 0 Å². The third-order valence-electron chi connectivity index (χ3n) is 3.93. The third kappa shape index (κ3) is 11.3. The Kier molecular flexibility index (Phi) is 14.5. The van der Waals surface area contributed by atoms with Gasteiger partial charge in [0.2, 0.25) is 0 Å². The second-order valence-electron chi connectivity index (χ2n) is 5.85. The first-order valence-corrected chi connectivity index (χ1v) is 8.92. The minimum Gasteiger partial charge on any atom is -0.466 e. The van der Waals surface area contributed by atoms with Gasteiger partial charge in [0.15, 0.2) is 0 Å². The van der Waals surface area contributed by atoms with Crippen LogP contribution in [0, 0.1) is 5.92 Å². The van der Waals surface area contributed by atoms with Gasteiger partial charge in [-0.2, -0.15) is 0 Å². The molecule has 2 heteroatoms. The maximum Gasteiger partial charge on any atom is 0.308 e. The highest BCUT2D eigenvalue weighted by Crippen LogP contribution is 2.20. The molecule has 0 saturated carbocycles. The van der Waals surface area contributed by atoms with Crippen LogP contribution in [-0.4, -0.2) is 12.6 Å². The Morgan fingerprint density at radius 3 is 1.60 bits per heavy atom. The van der Waals surface area contributed by atoms with Crippen molar-refractivity contribution in [3.05, 3.63) is 0 Å². The third-order valence-corrected chi connectivity index (χ3v) is 3.93. The van der Waals surface area contributed by atoms with Gasteiger partial charge >= 0.3 is 5.97 Å². The van der Waals surface area contributed by atoms with E-state index in [2.05, 4.69) is 13.8 Å². The maximum absolute atomic E-state index is 12.0. The van der Waals surface area contributed by atoms with Crippen molar-refractivity contribution in [3.63, 3.8) is 0 Å². The second-order valence-corrected chi connectivity index (χ2v) is 5.85. The lowest BCUT2D eigenvalue weighted by Crippen LogP contribution is -2.18. The monoisotopic (exact) mass is 284 g/mol. The van der Waals surface area contributed by atoms with Crippen molar-refractivity contribution in [1.82, 2.24) is 0 Å². The molecular formula is C18H36O2. The van der Waals surface area contributed by atoms with Gasteiger partial charge in [0, 0.05) is 0 Å². The molecule has 0 aromatic carbocycles. The minimum atomic E-state index is 0.0403. The molecule has 0 aliphatic rings. The topological polar surface area (TPSA) is 26.3 Å². The van der Waals surface area contributed by atoms with Gasteiger partial charge in [-0.25, -0.2) is 0 Å². The van der Waals surface area contributed by atoms with Crippen molar-refractivity contribution in [2.24, 2.45) is 5.92 Å². The predicted molar refractivity (Wildman–Crippen MR) is 86.9 cm³/mol. The molecule has 0 aromatic rings. The fourth-order valence-electron chi connectivity index (χ4n) is 2.63. The molecule has 2 nitrogen and oxygen atoms in total. The molecule has 0 aromatic heterocycles. The van der Waals surface area contributed by atoms with E-state index in [4.69, 9.17) is 4.74 Å². The van der Waals surface area contributed by atoms with Crippen molar-refractivity contribution in [2.45, 2.75) is 97.8 Å². The van der Waals surface area contributed by atoms with Gasteiger partial charge in [-0.05, 0) is 19.8 Å². The average molecular weight is 284 g/mol. The van der Waals surface area contributed by atoms with E-state index >= 15 is 0 Å². The Morgan fingerprint density at radius 2 is 1.20 bits per heavy atom. The normalized spacial score (nSPS) is 11.0. The molecule has 0 bridgehead atoms. The van der Waals surface area contributed by atoms with Crippen LogP contribution < -0.4 is 0 Å². The molecule has 0 amide bonds. The van der Waals surface area contributed by atoms with E-state index in [0.717, 1.165) is 12.8 Å². The van der Waals surface area contributed by atoms with Crippen molar-refractivity contribution >= 4 is 5.97 Å². The summed E-state index contributed by atoms with van der Waals surface area (Å²) in [6, 6.07) is 0. The summed E-state index contributed by atoms with van der Waals surface area (Å²) in [6.45, 7) is 6.88. The summed E-state index contributed by atoms with van der Waals surface area (Å²) in [6.07, 6.45) is 14.7. The van der Waals surface area contributed by atoms with Gasteiger partial charge in [0.25, 0.3) is 0 Å². The van der Waals surface area contributed by atoms with Crippen LogP contribution in [0.3, 0.4) is 0 Å². The molecule has 0 unspecified atom stereocenters. The van der Waals surface area contributed by atoms with Crippen molar-refractivity contribution in [2.75, 3.05) is 6.61 Å². The van der Waals surface area contributed by atoms with E-state index in [1.807, 2.05) is 6.92 Å². The fourth-order valence-corrected chi connectivity index (χ4v) is 2.63. The zero-order valence-corrected chi connectivity index (χ0v) is 14.1. The summed E-state index contributed by atoms with van der Waals surface area (Å²) < 4.78 is 5.22. The molecule has 0 atom stereocenters. The lowest BCUT2D eigenvalue weighted by atomic mass is 9.94. The largest absolute Gasteiger partial charge is 0.466 e. The summed E-state index contributed by atoms with van der Waals surface area (Å²) in [5.74, 6) is 0.191. The summed E-state index contributed by atoms with van der Waals surface area (Å²) in [7, 11) is 0. The first-order chi connectivity index (χ1) is 9.76. The van der Waals surface area contributed by atoms with Crippen molar-refractivity contribution < 1.29 is 9.53 Å². The molecule has 0 rings (SSSR count). The lowest BCUT2D eigenvalue weighted by Gasteiger charge is -2.15. The van der Waals surface area contributed by atoms with E-state index in [0.29, 0.717) is 6.61 Å². The fraction of sp³-hybridized carbons (Fsp3) is 0.944. The van der Waals surface area contributed by atoms with Crippen LogP contribution in [0.4, 0.5) is 0 Å². The van der Waals surface area contributed by atoms with Crippen molar-refractivity contribution in [1.29, 1.82) is 0 Å². The smallest absolute Gasteiger partial charge is 0.308 e. The number of carbonyl (C=O) groups is 1. The second kappa shape index (κ2) is 14.9. The summed E-state index contributed by atoms with van der Waals surface area (Å²) in [5.41, 5.74) is 0. The highest BCUT2D eigenvalue weighted by molar-refractivity contribution is 5.72. The maximum atomic E-state index is 12.0. The number of esters is 1. The van der Waals surface area contributed by atoms with Crippen LogP contribution in [0.15, 0.2) is 0 Å².